The van der Waals surface area contributed by atoms with E-state index in [1.807, 2.05) is 18.2 Å². The second-order valence-electron chi connectivity index (χ2n) is 9.68. The summed E-state index contributed by atoms with van der Waals surface area (Å²) in [5.74, 6) is -0.475. The highest BCUT2D eigenvalue weighted by atomic mass is 32.1. The van der Waals surface area contributed by atoms with Gasteiger partial charge < -0.3 is 20.5 Å². The van der Waals surface area contributed by atoms with Gasteiger partial charge in [0.2, 0.25) is 5.91 Å². The van der Waals surface area contributed by atoms with Crippen LogP contribution < -0.4 is 21.3 Å². The van der Waals surface area contributed by atoms with E-state index in [9.17, 15) is 19.2 Å². The van der Waals surface area contributed by atoms with E-state index in [0.29, 0.717) is 32.6 Å². The summed E-state index contributed by atoms with van der Waals surface area (Å²) in [5, 5.41) is 3.44. The number of benzene rings is 1. The zero-order valence-corrected chi connectivity index (χ0v) is 23.7. The largest absolute Gasteiger partial charge is 0.490 e. The molecule has 0 spiro atoms. The van der Waals surface area contributed by atoms with Crippen molar-refractivity contribution in [2.24, 2.45) is 11.7 Å². The van der Waals surface area contributed by atoms with Crippen molar-refractivity contribution in [1.82, 2.24) is 9.55 Å². The third-order valence-electron chi connectivity index (χ3n) is 6.76. The Morgan fingerprint density at radius 3 is 2.70 bits per heavy atom. The van der Waals surface area contributed by atoms with E-state index >= 15 is 0 Å². The normalized spacial score (nSPS) is 14.5. The first-order valence-electron chi connectivity index (χ1n) is 12.8. The maximum absolute atomic E-state index is 13.3. The molecule has 12 heteroatoms. The van der Waals surface area contributed by atoms with Crippen LogP contribution in [0.1, 0.15) is 49.4 Å². The van der Waals surface area contributed by atoms with E-state index < -0.39 is 23.3 Å². The highest BCUT2D eigenvalue weighted by molar-refractivity contribution is 7.20. The second kappa shape index (κ2) is 11.6. The standard InChI is InChI=1S/C28H28N4O6S2/c1-15-8-9-18-19(12-15)39-26(22(18)24(29)34)31-20(33)13-32-14-30-25-21(27(32)35)16(2)23(40-25)28(36)38-11-10-37-17-6-4-3-5-7-17/h3-7,14-15H,8-13H2,1-2H3,(H2,29,34)(H,31,33). The quantitative estimate of drug-likeness (QED) is 0.226. The van der Waals surface area contributed by atoms with Crippen molar-refractivity contribution in [3.05, 3.63) is 73.5 Å². The number of hydrogen-bond acceptors (Lipinski definition) is 9. The number of rotatable bonds is 9. The number of aryl methyl sites for hydroxylation is 1. The predicted octanol–water partition coefficient (Wildman–Crippen LogP) is 3.93. The Morgan fingerprint density at radius 1 is 1.18 bits per heavy atom. The summed E-state index contributed by atoms with van der Waals surface area (Å²) in [5.41, 5.74) is 6.90. The number of carbonyl (C=O) groups excluding carboxylic acids is 3. The molecular formula is C28H28N4O6S2. The maximum Gasteiger partial charge on any atom is 0.348 e. The van der Waals surface area contributed by atoms with Crippen molar-refractivity contribution >= 4 is 55.7 Å². The number of ether oxygens (including phenoxy) is 2. The van der Waals surface area contributed by atoms with E-state index in [0.717, 1.165) is 41.0 Å². The van der Waals surface area contributed by atoms with Crippen LogP contribution in [0.2, 0.25) is 0 Å². The number of nitrogens with two attached hydrogens (primary N) is 1. The molecule has 1 unspecified atom stereocenters. The summed E-state index contributed by atoms with van der Waals surface area (Å²) in [7, 11) is 0. The Balaban J connectivity index is 1.28. The fourth-order valence-electron chi connectivity index (χ4n) is 4.76. The molecule has 0 fully saturated rings. The van der Waals surface area contributed by atoms with Gasteiger partial charge in [0.15, 0.2) is 0 Å². The molecular weight excluding hydrogens is 552 g/mol. The number of fused-ring (bicyclic) bond motifs is 2. The molecule has 4 aromatic rings. The third-order valence-corrected chi connectivity index (χ3v) is 9.11. The number of carbonyl (C=O) groups is 3. The van der Waals surface area contributed by atoms with Gasteiger partial charge in [-0.15, -0.1) is 22.7 Å². The van der Waals surface area contributed by atoms with Crippen molar-refractivity contribution in [3.8, 4) is 5.75 Å². The summed E-state index contributed by atoms with van der Waals surface area (Å²) in [4.78, 5) is 57.1. The SMILES string of the molecule is Cc1c(C(=O)OCCOc2ccccc2)sc2ncn(CC(=O)Nc3sc4c(c3C(N)=O)CCC(C)C4)c(=O)c12. The lowest BCUT2D eigenvalue weighted by Crippen LogP contribution is -2.28. The molecule has 0 bridgehead atoms. The van der Waals surface area contributed by atoms with Crippen molar-refractivity contribution < 1.29 is 23.9 Å². The van der Waals surface area contributed by atoms with E-state index in [-0.39, 0.29) is 30.0 Å². The van der Waals surface area contributed by atoms with Gasteiger partial charge in [-0.05, 0) is 55.4 Å². The number of hydrogen-bond donors (Lipinski definition) is 2. The first kappa shape index (κ1) is 27.5. The summed E-state index contributed by atoms with van der Waals surface area (Å²) in [6.45, 7) is 3.71. The molecule has 208 valence electrons. The molecule has 1 aromatic carbocycles. The van der Waals surface area contributed by atoms with E-state index in [1.54, 1.807) is 19.1 Å². The predicted molar refractivity (Wildman–Crippen MR) is 153 cm³/mol. The summed E-state index contributed by atoms with van der Waals surface area (Å²) < 4.78 is 12.1. The molecule has 2 amide bonds. The number of nitrogens with one attached hydrogen (secondary N) is 1. The molecule has 1 atom stereocenters. The van der Waals surface area contributed by atoms with Crippen molar-refractivity contribution in [2.75, 3.05) is 18.5 Å². The second-order valence-corrected chi connectivity index (χ2v) is 11.8. The molecule has 5 rings (SSSR count). The van der Waals surface area contributed by atoms with Crippen LogP contribution >= 0.6 is 22.7 Å². The van der Waals surface area contributed by atoms with Gasteiger partial charge in [-0.1, -0.05) is 25.1 Å². The highest BCUT2D eigenvalue weighted by Gasteiger charge is 2.27. The van der Waals surface area contributed by atoms with Gasteiger partial charge in [-0.2, -0.15) is 0 Å². The van der Waals surface area contributed by atoms with Crippen LogP contribution in [-0.4, -0.2) is 40.5 Å². The molecule has 3 aromatic heterocycles. The Morgan fingerprint density at radius 2 is 1.95 bits per heavy atom. The smallest absolute Gasteiger partial charge is 0.348 e. The van der Waals surface area contributed by atoms with Gasteiger partial charge in [0.05, 0.1) is 17.3 Å². The molecule has 3 N–H and O–H groups in total. The number of nitrogens with zero attached hydrogens (tertiary/aromatic N) is 2. The zero-order chi connectivity index (χ0) is 28.4. The minimum Gasteiger partial charge on any atom is -0.490 e. The first-order valence-corrected chi connectivity index (χ1v) is 14.4. The summed E-state index contributed by atoms with van der Waals surface area (Å²) in [6, 6.07) is 9.18. The Hall–Kier alpha value is -4.03. The lowest BCUT2D eigenvalue weighted by Gasteiger charge is -2.18. The van der Waals surface area contributed by atoms with Crippen molar-refractivity contribution in [2.45, 2.75) is 39.7 Å². The van der Waals surface area contributed by atoms with Crippen LogP contribution in [0.3, 0.4) is 0 Å². The minimum atomic E-state index is -0.581. The molecule has 1 aliphatic carbocycles. The zero-order valence-electron chi connectivity index (χ0n) is 22.0. The Bertz CT molecular complexity index is 1660. The summed E-state index contributed by atoms with van der Waals surface area (Å²) in [6.07, 6.45) is 3.80. The number of primary amides is 1. The van der Waals surface area contributed by atoms with Crippen LogP contribution in [-0.2, 0) is 28.9 Å². The fourth-order valence-corrected chi connectivity index (χ4v) is 7.23. The van der Waals surface area contributed by atoms with E-state index in [4.69, 9.17) is 15.2 Å². The first-order chi connectivity index (χ1) is 19.2. The fraction of sp³-hybridized carbons (Fsp3) is 0.321. The monoisotopic (exact) mass is 580 g/mol. The van der Waals surface area contributed by atoms with Crippen LogP contribution in [0.4, 0.5) is 5.00 Å². The molecule has 1 aliphatic rings. The third kappa shape index (κ3) is 5.63. The number of amides is 2. The maximum atomic E-state index is 13.3. The van der Waals surface area contributed by atoms with E-state index in [1.165, 1.54) is 22.2 Å². The Kier molecular flexibility index (Phi) is 7.99. The van der Waals surface area contributed by atoms with Crippen LogP contribution in [0, 0.1) is 12.8 Å². The molecule has 0 saturated heterocycles. The van der Waals surface area contributed by atoms with Crippen LogP contribution in [0.25, 0.3) is 10.2 Å². The highest BCUT2D eigenvalue weighted by Crippen LogP contribution is 2.39. The van der Waals surface area contributed by atoms with Gasteiger partial charge >= 0.3 is 5.97 Å². The van der Waals surface area contributed by atoms with Gasteiger partial charge in [-0.25, -0.2) is 9.78 Å². The van der Waals surface area contributed by atoms with Crippen molar-refractivity contribution in [3.63, 3.8) is 0 Å². The molecule has 10 nitrogen and oxygen atoms in total. The Labute approximate surface area is 237 Å². The average Bonchev–Trinajstić information content (AvgIpc) is 3.45. The van der Waals surface area contributed by atoms with Crippen molar-refractivity contribution in [1.29, 1.82) is 0 Å². The number of aromatic nitrogens is 2. The van der Waals surface area contributed by atoms with Crippen LogP contribution in [0.15, 0.2) is 41.5 Å². The number of anilines is 1. The van der Waals surface area contributed by atoms with Gasteiger partial charge in [0, 0.05) is 4.88 Å². The molecule has 0 saturated carbocycles. The average molecular weight is 581 g/mol. The van der Waals surface area contributed by atoms with Crippen LogP contribution in [0.5, 0.6) is 5.75 Å². The summed E-state index contributed by atoms with van der Waals surface area (Å²) >= 11 is 2.42. The lowest BCUT2D eigenvalue weighted by molar-refractivity contribution is -0.116. The van der Waals surface area contributed by atoms with E-state index in [2.05, 4.69) is 17.2 Å². The number of thiophene rings is 2. The van der Waals surface area contributed by atoms with Gasteiger partial charge in [0.1, 0.15) is 40.2 Å². The topological polar surface area (TPSA) is 143 Å². The molecule has 40 heavy (non-hydrogen) atoms. The van der Waals surface area contributed by atoms with Gasteiger partial charge in [-0.3, -0.25) is 19.0 Å². The molecule has 0 radical (unpaired) electrons. The lowest BCUT2D eigenvalue weighted by atomic mass is 9.88. The number of esters is 1. The molecule has 0 aliphatic heterocycles. The molecule has 3 heterocycles. The minimum absolute atomic E-state index is 0.0393. The van der Waals surface area contributed by atoms with Gasteiger partial charge in [0.25, 0.3) is 11.5 Å². The number of para-hydroxylation sites is 1.